The fourth-order valence-corrected chi connectivity index (χ4v) is 28.8. The second-order valence-electron chi connectivity index (χ2n) is 17.2. The Kier molecular flexibility index (Phi) is 26.3. The Morgan fingerprint density at radius 3 is 0.589 bits per heavy atom. The number of rotatable bonds is 40. The molecule has 5 rings (SSSR count). The molecule has 16 nitrogen and oxygen atoms in total. The Bertz CT molecular complexity index is 2060. The zero-order chi connectivity index (χ0) is 52.0. The summed E-state index contributed by atoms with van der Waals surface area (Å²) in [6, 6.07) is 52.5. The van der Waals surface area contributed by atoms with Crippen LogP contribution in [0.3, 0.4) is 0 Å². The van der Waals surface area contributed by atoms with E-state index >= 15 is 0 Å². The SMILES string of the molecule is CO[Si](CCCNc1ccccc1)(OC)O[Si](CCCNc1ccccc1)(OC)O[Si](CCCNc1ccccc1)(OC)O[Si](CCCNc1ccccc1)(OC)O[Si](CCCNc1ccccc1)(OC)OC. The third-order valence-electron chi connectivity index (χ3n) is 12.2. The third kappa shape index (κ3) is 20.1. The van der Waals surface area contributed by atoms with Gasteiger partial charge in [0.15, 0.2) is 0 Å². The van der Waals surface area contributed by atoms with Crippen molar-refractivity contribution in [3.8, 4) is 0 Å². The minimum absolute atomic E-state index is 0.349. The Morgan fingerprint density at radius 1 is 0.247 bits per heavy atom. The van der Waals surface area contributed by atoms with Crippen molar-refractivity contribution < 1.29 is 47.4 Å². The molecule has 73 heavy (non-hydrogen) atoms. The molecule has 0 radical (unpaired) electrons. The fraction of sp³-hybridized carbons (Fsp3) is 0.423. The number of para-hydroxylation sites is 5. The van der Waals surface area contributed by atoms with Crippen LogP contribution in [0.1, 0.15) is 32.1 Å². The van der Waals surface area contributed by atoms with E-state index in [1.165, 1.54) is 0 Å². The summed E-state index contributed by atoms with van der Waals surface area (Å²) < 4.78 is 75.2. The van der Waals surface area contributed by atoms with Gasteiger partial charge in [-0.05, 0) is 92.8 Å². The van der Waals surface area contributed by atoms with E-state index in [9.17, 15) is 0 Å². The Morgan fingerprint density at radius 2 is 0.411 bits per heavy atom. The van der Waals surface area contributed by atoms with Crippen molar-refractivity contribution >= 4 is 72.5 Å². The second kappa shape index (κ2) is 32.2. The van der Waals surface area contributed by atoms with Gasteiger partial charge in [0.2, 0.25) is 0 Å². The monoisotopic (exact) mass is 1090 g/mol. The van der Waals surface area contributed by atoms with E-state index in [1.54, 1.807) is 49.8 Å². The van der Waals surface area contributed by atoms with Crippen LogP contribution in [0, 0.1) is 0 Å². The van der Waals surface area contributed by atoms with Crippen molar-refractivity contribution in [1.29, 1.82) is 0 Å². The zero-order valence-corrected chi connectivity index (χ0v) is 49.0. The van der Waals surface area contributed by atoms with Crippen molar-refractivity contribution in [2.24, 2.45) is 0 Å². The Hall–Kier alpha value is -4.26. The molecule has 0 spiro atoms. The van der Waals surface area contributed by atoms with Crippen molar-refractivity contribution in [3.63, 3.8) is 0 Å². The quantitative estimate of drug-likeness (QED) is 0.0186. The summed E-state index contributed by atoms with van der Waals surface area (Å²) in [4.78, 5) is 0. The molecule has 0 aliphatic carbocycles. The maximum atomic E-state index is 7.60. The van der Waals surface area contributed by atoms with E-state index in [0.29, 0.717) is 95.0 Å². The zero-order valence-electron chi connectivity index (χ0n) is 44.0. The standard InChI is InChI=1S/C52H81N5O11Si5/c1-58-69(59-2,43-23-38-53-48-28-13-8-14-29-48)65-71(62-5,45-25-40-55-50-32-17-10-18-33-50)67-73(64-7,47-27-42-57-52-36-21-12-22-37-52)68-72(63-6,46-26-41-56-51-34-19-11-20-35-51)66-70(60-3,61-4)44-24-39-54-49-30-15-9-16-31-49/h8-22,28-37,53-57H,23-27,38-47H2,1-7H3. The first-order valence-corrected chi connectivity index (χ1v) is 34.9. The summed E-state index contributed by atoms with van der Waals surface area (Å²) in [5.41, 5.74) is 5.05. The Labute approximate surface area is 440 Å². The summed E-state index contributed by atoms with van der Waals surface area (Å²) in [6.07, 6.45) is 3.19. The molecule has 0 fully saturated rings. The van der Waals surface area contributed by atoms with Crippen LogP contribution in [0.25, 0.3) is 0 Å². The molecule has 0 aliphatic rings. The molecule has 5 aromatic carbocycles. The first-order chi connectivity index (χ1) is 35.6. The molecule has 2 atom stereocenters. The van der Waals surface area contributed by atoms with Crippen LogP contribution in [-0.4, -0.2) is 127 Å². The van der Waals surface area contributed by atoms with Gasteiger partial charge in [0.25, 0.3) is 0 Å². The van der Waals surface area contributed by atoms with E-state index in [2.05, 4.69) is 26.6 Å². The topological polar surface area (TPSA) is 162 Å². The first-order valence-electron chi connectivity index (χ1n) is 25.3. The fourth-order valence-electron chi connectivity index (χ4n) is 8.18. The molecule has 0 heterocycles. The number of benzene rings is 5. The lowest BCUT2D eigenvalue weighted by molar-refractivity contribution is 0.0555. The molecule has 0 bridgehead atoms. The van der Waals surface area contributed by atoms with E-state index in [-0.39, 0.29) is 0 Å². The van der Waals surface area contributed by atoms with E-state index in [1.807, 2.05) is 152 Å². The second-order valence-corrected chi connectivity index (χ2v) is 32.7. The molecule has 5 N–H and O–H groups in total. The summed E-state index contributed by atoms with van der Waals surface area (Å²) in [5.74, 6) is 0. The molecular formula is C52H81N5O11Si5. The van der Waals surface area contributed by atoms with Gasteiger partial charge in [0.05, 0.1) is 0 Å². The van der Waals surface area contributed by atoms with Crippen LogP contribution >= 0.6 is 0 Å². The highest BCUT2D eigenvalue weighted by molar-refractivity contribution is 6.85. The molecule has 21 heteroatoms. The lowest BCUT2D eigenvalue weighted by atomic mass is 10.3. The highest BCUT2D eigenvalue weighted by Gasteiger charge is 2.63. The highest BCUT2D eigenvalue weighted by Crippen LogP contribution is 2.37. The summed E-state index contributed by atoms with van der Waals surface area (Å²) in [6.45, 7) is 3.14. The number of anilines is 5. The lowest BCUT2D eigenvalue weighted by Gasteiger charge is -2.45. The van der Waals surface area contributed by atoms with Gasteiger partial charge < -0.3 is 74.0 Å². The maximum absolute atomic E-state index is 7.60. The third-order valence-corrected chi connectivity index (χ3v) is 31.4. The molecule has 0 saturated carbocycles. The van der Waals surface area contributed by atoms with Gasteiger partial charge in [-0.15, -0.1) is 0 Å². The molecule has 0 amide bonds. The van der Waals surface area contributed by atoms with Gasteiger partial charge in [-0.25, -0.2) is 0 Å². The van der Waals surface area contributed by atoms with Crippen LogP contribution in [-0.2, 0) is 47.4 Å². The number of nitrogens with one attached hydrogen (secondary N) is 5. The van der Waals surface area contributed by atoms with Gasteiger partial charge in [-0.2, -0.15) is 0 Å². The van der Waals surface area contributed by atoms with Crippen LogP contribution in [0.2, 0.25) is 30.2 Å². The van der Waals surface area contributed by atoms with Crippen LogP contribution in [0.5, 0.6) is 0 Å². The maximum Gasteiger partial charge on any atom is 0.493 e. The molecule has 0 aromatic heterocycles. The summed E-state index contributed by atoms with van der Waals surface area (Å²) in [5, 5.41) is 17.7. The van der Waals surface area contributed by atoms with Gasteiger partial charge in [0, 0.05) is 141 Å². The molecule has 0 aliphatic heterocycles. The minimum atomic E-state index is -4.04. The normalized spacial score (nSPS) is 14.3. The van der Waals surface area contributed by atoms with Gasteiger partial charge in [-0.3, -0.25) is 0 Å². The number of hydrogen-bond acceptors (Lipinski definition) is 16. The molecule has 5 aromatic rings. The van der Waals surface area contributed by atoms with Crippen molar-refractivity contribution in [3.05, 3.63) is 152 Å². The van der Waals surface area contributed by atoms with Gasteiger partial charge in [-0.1, -0.05) is 91.0 Å². The van der Waals surface area contributed by atoms with Gasteiger partial charge in [0.1, 0.15) is 0 Å². The van der Waals surface area contributed by atoms with E-state index in [4.69, 9.17) is 47.4 Å². The molecular weight excluding hydrogens is 1010 g/mol. The average molecular weight is 1090 g/mol. The molecule has 0 saturated heterocycles. The van der Waals surface area contributed by atoms with Crippen molar-refractivity contribution in [1.82, 2.24) is 0 Å². The minimum Gasteiger partial charge on any atom is -0.385 e. The van der Waals surface area contributed by atoms with Crippen LogP contribution in [0.15, 0.2) is 152 Å². The van der Waals surface area contributed by atoms with Crippen LogP contribution < -0.4 is 26.6 Å². The molecule has 2 unspecified atom stereocenters. The predicted octanol–water partition coefficient (Wildman–Crippen LogP) is 10.8. The van der Waals surface area contributed by atoms with Crippen molar-refractivity contribution in [2.45, 2.75) is 62.3 Å². The largest absolute Gasteiger partial charge is 0.493 e. The summed E-state index contributed by atoms with van der Waals surface area (Å²) >= 11 is 0. The first kappa shape index (κ1) is 59.6. The highest BCUT2D eigenvalue weighted by atomic mass is 28.5. The van der Waals surface area contributed by atoms with E-state index < -0.39 is 44.0 Å². The molecule has 400 valence electrons. The lowest BCUT2D eigenvalue weighted by Crippen LogP contribution is -2.68. The van der Waals surface area contributed by atoms with Gasteiger partial charge >= 0.3 is 44.0 Å². The average Bonchev–Trinajstić information content (AvgIpc) is 3.45. The Balaban J connectivity index is 1.52. The van der Waals surface area contributed by atoms with Crippen LogP contribution in [0.4, 0.5) is 28.4 Å². The summed E-state index contributed by atoms with van der Waals surface area (Å²) in [7, 11) is -7.53. The predicted molar refractivity (Wildman–Crippen MR) is 304 cm³/mol. The van der Waals surface area contributed by atoms with E-state index in [0.717, 1.165) is 28.4 Å². The smallest absolute Gasteiger partial charge is 0.385 e. The van der Waals surface area contributed by atoms with Crippen molar-refractivity contribution in [2.75, 3.05) is 109 Å². The number of hydrogen-bond donors (Lipinski definition) is 5.